The van der Waals surface area contributed by atoms with Gasteiger partial charge in [-0.2, -0.15) is 0 Å². The molecular formula is C14H13N3O4. The van der Waals surface area contributed by atoms with Crippen molar-refractivity contribution in [2.75, 3.05) is 5.32 Å². The summed E-state index contributed by atoms with van der Waals surface area (Å²) in [7, 11) is 0. The van der Waals surface area contributed by atoms with Crippen LogP contribution in [0.5, 0.6) is 0 Å². The van der Waals surface area contributed by atoms with Crippen LogP contribution in [0.2, 0.25) is 0 Å². The summed E-state index contributed by atoms with van der Waals surface area (Å²) in [5.41, 5.74) is 1.52. The number of aromatic carboxylic acids is 1. The molecule has 0 atom stereocenters. The van der Waals surface area contributed by atoms with E-state index in [-0.39, 0.29) is 5.56 Å². The highest BCUT2D eigenvalue weighted by Crippen LogP contribution is 2.23. The van der Waals surface area contributed by atoms with Gasteiger partial charge in [-0.1, -0.05) is 6.07 Å². The highest BCUT2D eigenvalue weighted by atomic mass is 16.6. The lowest BCUT2D eigenvalue weighted by molar-refractivity contribution is -0.385. The van der Waals surface area contributed by atoms with Gasteiger partial charge in [-0.25, -0.2) is 4.79 Å². The standard InChI is InChI=1S/C14H13N3O4/c1-9-3-2-6-15-12(9)8-16-10-4-5-11(14(18)19)13(7-10)17(20)21/h2-7,16H,8H2,1H3,(H,18,19). The van der Waals surface area contributed by atoms with Crippen LogP contribution >= 0.6 is 0 Å². The molecule has 0 saturated carbocycles. The second-order valence-corrected chi connectivity index (χ2v) is 4.41. The number of nitrogens with zero attached hydrogens (tertiary/aromatic N) is 2. The molecule has 2 aromatic rings. The SMILES string of the molecule is Cc1cccnc1CNc1ccc(C(=O)O)c([N+](=O)[O-])c1. The van der Waals surface area contributed by atoms with Crippen LogP contribution in [-0.2, 0) is 6.54 Å². The van der Waals surface area contributed by atoms with Crippen molar-refractivity contribution < 1.29 is 14.8 Å². The molecule has 1 aromatic carbocycles. The molecule has 1 aromatic heterocycles. The van der Waals surface area contributed by atoms with E-state index < -0.39 is 16.6 Å². The Balaban J connectivity index is 2.22. The second kappa shape index (κ2) is 6.00. The Morgan fingerprint density at radius 3 is 2.81 bits per heavy atom. The van der Waals surface area contributed by atoms with Crippen molar-refractivity contribution in [1.82, 2.24) is 4.98 Å². The van der Waals surface area contributed by atoms with Gasteiger partial charge < -0.3 is 10.4 Å². The van der Waals surface area contributed by atoms with E-state index in [4.69, 9.17) is 5.11 Å². The predicted molar refractivity (Wildman–Crippen MR) is 76.4 cm³/mol. The number of nitro groups is 1. The fourth-order valence-corrected chi connectivity index (χ4v) is 1.86. The zero-order valence-corrected chi connectivity index (χ0v) is 11.2. The lowest BCUT2D eigenvalue weighted by Crippen LogP contribution is -2.06. The van der Waals surface area contributed by atoms with E-state index >= 15 is 0 Å². The van der Waals surface area contributed by atoms with Gasteiger partial charge in [-0.3, -0.25) is 15.1 Å². The molecule has 108 valence electrons. The van der Waals surface area contributed by atoms with Gasteiger partial charge in [-0.05, 0) is 30.7 Å². The summed E-state index contributed by atoms with van der Waals surface area (Å²) in [6.45, 7) is 2.32. The first-order valence-electron chi connectivity index (χ1n) is 6.15. The molecule has 2 N–H and O–H groups in total. The van der Waals surface area contributed by atoms with Crippen LogP contribution in [0.4, 0.5) is 11.4 Å². The molecule has 0 aliphatic carbocycles. The minimum absolute atomic E-state index is 0.334. The first-order valence-corrected chi connectivity index (χ1v) is 6.15. The maximum Gasteiger partial charge on any atom is 0.342 e. The third kappa shape index (κ3) is 3.33. The minimum atomic E-state index is -1.33. The average Bonchev–Trinajstić information content (AvgIpc) is 2.46. The van der Waals surface area contributed by atoms with Gasteiger partial charge in [0, 0.05) is 18.0 Å². The quantitative estimate of drug-likeness (QED) is 0.646. The van der Waals surface area contributed by atoms with E-state index in [1.807, 2.05) is 19.1 Å². The van der Waals surface area contributed by atoms with Crippen LogP contribution in [0.3, 0.4) is 0 Å². The summed E-state index contributed by atoms with van der Waals surface area (Å²) in [5, 5.41) is 22.8. The van der Waals surface area contributed by atoms with Gasteiger partial charge in [0.2, 0.25) is 0 Å². The molecule has 0 radical (unpaired) electrons. The maximum atomic E-state index is 10.9. The van der Waals surface area contributed by atoms with Crippen molar-refractivity contribution in [3.05, 3.63) is 63.5 Å². The Morgan fingerprint density at radius 1 is 1.43 bits per heavy atom. The topological polar surface area (TPSA) is 105 Å². The van der Waals surface area contributed by atoms with Crippen LogP contribution in [0.25, 0.3) is 0 Å². The number of nitrogens with one attached hydrogen (secondary N) is 1. The molecule has 21 heavy (non-hydrogen) atoms. The van der Waals surface area contributed by atoms with Gasteiger partial charge in [0.1, 0.15) is 5.56 Å². The Labute approximate surface area is 120 Å². The van der Waals surface area contributed by atoms with Crippen molar-refractivity contribution in [3.63, 3.8) is 0 Å². The third-order valence-electron chi connectivity index (χ3n) is 3.00. The number of aryl methyl sites for hydroxylation is 1. The van der Waals surface area contributed by atoms with Crippen LogP contribution in [0, 0.1) is 17.0 Å². The largest absolute Gasteiger partial charge is 0.477 e. The van der Waals surface area contributed by atoms with Crippen LogP contribution < -0.4 is 5.32 Å². The van der Waals surface area contributed by atoms with Gasteiger partial charge >= 0.3 is 5.97 Å². The third-order valence-corrected chi connectivity index (χ3v) is 3.00. The van der Waals surface area contributed by atoms with Crippen LogP contribution in [0.15, 0.2) is 36.5 Å². The zero-order valence-electron chi connectivity index (χ0n) is 11.2. The lowest BCUT2D eigenvalue weighted by atomic mass is 10.1. The Morgan fingerprint density at radius 2 is 2.19 bits per heavy atom. The fraction of sp³-hybridized carbons (Fsp3) is 0.143. The number of nitro benzene ring substituents is 1. The molecule has 0 fully saturated rings. The lowest BCUT2D eigenvalue weighted by Gasteiger charge is -2.08. The number of carbonyl (C=O) groups is 1. The minimum Gasteiger partial charge on any atom is -0.477 e. The number of anilines is 1. The molecule has 7 heteroatoms. The van der Waals surface area contributed by atoms with Gasteiger partial charge in [-0.15, -0.1) is 0 Å². The Kier molecular flexibility index (Phi) is 4.13. The van der Waals surface area contributed by atoms with Gasteiger partial charge in [0.15, 0.2) is 0 Å². The molecule has 0 amide bonds. The van der Waals surface area contributed by atoms with Gasteiger partial charge in [0.05, 0.1) is 17.2 Å². The number of rotatable bonds is 5. The summed E-state index contributed by atoms with van der Waals surface area (Å²) >= 11 is 0. The highest BCUT2D eigenvalue weighted by Gasteiger charge is 2.19. The number of aromatic nitrogens is 1. The molecule has 0 aliphatic rings. The smallest absolute Gasteiger partial charge is 0.342 e. The molecule has 1 heterocycles. The molecule has 7 nitrogen and oxygen atoms in total. The van der Waals surface area contributed by atoms with Crippen molar-refractivity contribution >= 4 is 17.3 Å². The first-order chi connectivity index (χ1) is 9.99. The molecular weight excluding hydrogens is 274 g/mol. The number of pyridine rings is 1. The molecule has 0 saturated heterocycles. The van der Waals surface area contributed by atoms with Crippen molar-refractivity contribution in [2.24, 2.45) is 0 Å². The van der Waals surface area contributed by atoms with Crippen LogP contribution in [0.1, 0.15) is 21.6 Å². The molecule has 2 rings (SSSR count). The highest BCUT2D eigenvalue weighted by molar-refractivity contribution is 5.93. The summed E-state index contributed by atoms with van der Waals surface area (Å²) in [4.78, 5) is 25.3. The first kappa shape index (κ1) is 14.4. The number of hydrogen-bond acceptors (Lipinski definition) is 5. The fourth-order valence-electron chi connectivity index (χ4n) is 1.86. The Bertz CT molecular complexity index is 700. The normalized spacial score (nSPS) is 10.1. The summed E-state index contributed by atoms with van der Waals surface area (Å²) in [5.74, 6) is -1.33. The summed E-state index contributed by atoms with van der Waals surface area (Å²) < 4.78 is 0. The van der Waals surface area contributed by atoms with E-state index in [9.17, 15) is 14.9 Å². The maximum absolute atomic E-state index is 10.9. The van der Waals surface area contributed by atoms with Crippen LogP contribution in [-0.4, -0.2) is 21.0 Å². The number of hydrogen-bond donors (Lipinski definition) is 2. The van der Waals surface area contributed by atoms with E-state index in [0.29, 0.717) is 12.2 Å². The monoisotopic (exact) mass is 287 g/mol. The summed E-state index contributed by atoms with van der Waals surface area (Å²) in [6, 6.07) is 7.66. The van der Waals surface area contributed by atoms with Gasteiger partial charge in [0.25, 0.3) is 5.69 Å². The van der Waals surface area contributed by atoms with E-state index in [0.717, 1.165) is 11.3 Å². The van der Waals surface area contributed by atoms with E-state index in [1.165, 1.54) is 18.2 Å². The predicted octanol–water partition coefficient (Wildman–Crippen LogP) is 2.61. The molecule has 0 bridgehead atoms. The zero-order chi connectivity index (χ0) is 15.4. The van der Waals surface area contributed by atoms with Crippen molar-refractivity contribution in [1.29, 1.82) is 0 Å². The molecule has 0 aliphatic heterocycles. The average molecular weight is 287 g/mol. The summed E-state index contributed by atoms with van der Waals surface area (Å²) in [6.07, 6.45) is 1.67. The second-order valence-electron chi connectivity index (χ2n) is 4.41. The van der Waals surface area contributed by atoms with E-state index in [2.05, 4.69) is 10.3 Å². The Hall–Kier alpha value is -2.96. The van der Waals surface area contributed by atoms with Crippen molar-refractivity contribution in [2.45, 2.75) is 13.5 Å². The molecule has 0 spiro atoms. The number of carboxylic acids is 1. The molecule has 0 unspecified atom stereocenters. The van der Waals surface area contributed by atoms with Crippen molar-refractivity contribution in [3.8, 4) is 0 Å². The number of benzene rings is 1. The van der Waals surface area contributed by atoms with E-state index in [1.54, 1.807) is 6.20 Å². The number of carboxylic acid groups (broad SMARTS) is 1.